The molecule has 0 aromatic heterocycles. The van der Waals surface area contributed by atoms with Crippen LogP contribution in [0.5, 0.6) is 0 Å². The predicted molar refractivity (Wildman–Crippen MR) is 105 cm³/mol. The molecule has 0 aromatic rings. The van der Waals surface area contributed by atoms with Crippen LogP contribution >= 0.6 is 0 Å². The van der Waals surface area contributed by atoms with E-state index in [4.69, 9.17) is 0 Å². The molecule has 0 fully saturated rings. The summed E-state index contributed by atoms with van der Waals surface area (Å²) in [5.74, 6) is -2.38. The van der Waals surface area contributed by atoms with Gasteiger partial charge in [0.15, 0.2) is 5.78 Å². The van der Waals surface area contributed by atoms with Gasteiger partial charge in [-0.15, -0.1) is 0 Å². The highest BCUT2D eigenvalue weighted by molar-refractivity contribution is 5.99. The van der Waals surface area contributed by atoms with Crippen molar-refractivity contribution >= 4 is 11.8 Å². The molecule has 6 heteroatoms. The number of aliphatic hydroxyl groups is 2. The number of likely N-dealkylation sites (N-methyl/N-ethyl adjacent to an activating group) is 1. The van der Waals surface area contributed by atoms with Crippen LogP contribution in [-0.4, -0.2) is 59.4 Å². The number of allylic oxidation sites excluding steroid dienone is 1. The van der Waals surface area contributed by atoms with Crippen LogP contribution in [-0.2, 0) is 9.59 Å². The van der Waals surface area contributed by atoms with Crippen LogP contribution < -0.4 is 5.11 Å². The van der Waals surface area contributed by atoms with Crippen LogP contribution in [0.2, 0.25) is 0 Å². The van der Waals surface area contributed by atoms with E-state index >= 15 is 0 Å². The maximum Gasteiger partial charge on any atom is 0.227 e. The molecule has 2 N–H and O–H groups in total. The maximum atomic E-state index is 12.4. The van der Waals surface area contributed by atoms with Crippen LogP contribution in [0, 0.1) is 0 Å². The number of nitrogens with zero attached hydrogens (tertiary/aromatic N) is 1. The number of hydrogen-bond acceptors (Lipinski definition) is 5. The Morgan fingerprint density at radius 1 is 1.00 bits per heavy atom. The van der Waals surface area contributed by atoms with E-state index in [0.29, 0.717) is 6.42 Å². The predicted octanol–water partition coefficient (Wildman–Crippen LogP) is 1.93. The molecule has 0 amide bonds. The van der Waals surface area contributed by atoms with Gasteiger partial charge in [0.2, 0.25) is 11.8 Å². The minimum atomic E-state index is -2.40. The molecule has 2 unspecified atom stereocenters. The third kappa shape index (κ3) is 10.6. The van der Waals surface area contributed by atoms with Crippen molar-refractivity contribution in [1.29, 1.82) is 0 Å². The van der Waals surface area contributed by atoms with Gasteiger partial charge in [0.05, 0.1) is 21.1 Å². The summed E-state index contributed by atoms with van der Waals surface area (Å²) in [6.07, 6.45) is 11.9. The van der Waals surface area contributed by atoms with Crippen LogP contribution in [0.4, 0.5) is 0 Å². The van der Waals surface area contributed by atoms with Crippen molar-refractivity contribution in [2.75, 3.05) is 21.1 Å². The summed E-state index contributed by atoms with van der Waals surface area (Å²) < 4.78 is -0.165. The highest BCUT2D eigenvalue weighted by Gasteiger charge is 2.49. The number of carbonyl (C=O) groups excluding carboxylic acids is 2. The van der Waals surface area contributed by atoms with Crippen molar-refractivity contribution in [1.82, 2.24) is 0 Å². The number of quaternary nitrogens is 1. The molecular weight excluding hydrogens is 346 g/mol. The standard InChI is InChI=1S/C21H39NO5/c1-5-6-7-8-9-10-11-12-13-14-15-16-18(23)21(27,17-19(24)25)20(26)22(2,3)4/h15-16,20,26-27H,5-14,17H2,1-4H3. The van der Waals surface area contributed by atoms with Crippen LogP contribution in [0.15, 0.2) is 12.2 Å². The van der Waals surface area contributed by atoms with Crippen molar-refractivity contribution in [3.05, 3.63) is 12.2 Å². The van der Waals surface area contributed by atoms with E-state index in [-0.39, 0.29) is 4.48 Å². The Kier molecular flexibility index (Phi) is 12.4. The van der Waals surface area contributed by atoms with Crippen LogP contribution in [0.25, 0.3) is 0 Å². The monoisotopic (exact) mass is 385 g/mol. The lowest BCUT2D eigenvalue weighted by Crippen LogP contribution is -2.63. The molecule has 0 aliphatic heterocycles. The first kappa shape index (κ1) is 25.8. The molecule has 0 aliphatic carbocycles. The molecule has 0 heterocycles. The van der Waals surface area contributed by atoms with Gasteiger partial charge in [0.25, 0.3) is 0 Å². The number of carboxylic acids is 1. The summed E-state index contributed by atoms with van der Waals surface area (Å²) in [6, 6.07) is 0. The number of aliphatic hydroxyl groups excluding tert-OH is 1. The third-order valence-corrected chi connectivity index (χ3v) is 4.74. The topological polar surface area (TPSA) is 97.7 Å². The van der Waals surface area contributed by atoms with E-state index in [2.05, 4.69) is 6.92 Å². The smallest absolute Gasteiger partial charge is 0.227 e. The summed E-state index contributed by atoms with van der Waals surface area (Å²) in [5, 5.41) is 31.8. The summed E-state index contributed by atoms with van der Waals surface area (Å²) >= 11 is 0. The fourth-order valence-corrected chi connectivity index (χ4v) is 3.07. The Labute approximate surface area is 164 Å². The maximum absolute atomic E-state index is 12.4. The second-order valence-corrected chi connectivity index (χ2v) is 8.35. The molecule has 0 aromatic carbocycles. The van der Waals surface area contributed by atoms with Gasteiger partial charge < -0.3 is 24.6 Å². The van der Waals surface area contributed by atoms with E-state index in [1.807, 2.05) is 0 Å². The lowest BCUT2D eigenvalue weighted by Gasteiger charge is -2.39. The number of carbonyl (C=O) groups is 2. The van der Waals surface area contributed by atoms with Crippen molar-refractivity contribution < 1.29 is 29.4 Å². The molecule has 27 heavy (non-hydrogen) atoms. The molecular formula is C21H39NO5. The Hall–Kier alpha value is -1.24. The van der Waals surface area contributed by atoms with E-state index in [9.17, 15) is 24.9 Å². The van der Waals surface area contributed by atoms with Gasteiger partial charge in [-0.1, -0.05) is 64.4 Å². The molecule has 0 bridgehead atoms. The second-order valence-electron chi connectivity index (χ2n) is 8.35. The van der Waals surface area contributed by atoms with Gasteiger partial charge in [-0.2, -0.15) is 0 Å². The molecule has 0 spiro atoms. The SMILES string of the molecule is CCCCCCCCCCCC=CC(=O)C(O)(CC(=O)[O-])C(O)[N+](C)(C)C. The zero-order chi connectivity index (χ0) is 20.9. The van der Waals surface area contributed by atoms with Crippen LogP contribution in [0.1, 0.15) is 77.6 Å². The van der Waals surface area contributed by atoms with Crippen molar-refractivity contribution in [2.24, 2.45) is 0 Å². The fourth-order valence-electron chi connectivity index (χ4n) is 3.07. The zero-order valence-corrected chi connectivity index (χ0v) is 17.6. The number of unbranched alkanes of at least 4 members (excludes halogenated alkanes) is 9. The molecule has 0 rings (SSSR count). The lowest BCUT2D eigenvalue weighted by atomic mass is 9.90. The number of hydrogen-bond donors (Lipinski definition) is 2. The van der Waals surface area contributed by atoms with Gasteiger partial charge in [-0.05, 0) is 18.9 Å². The van der Waals surface area contributed by atoms with Crippen LogP contribution in [0.3, 0.4) is 0 Å². The third-order valence-electron chi connectivity index (χ3n) is 4.74. The van der Waals surface area contributed by atoms with Gasteiger partial charge in [-0.3, -0.25) is 4.79 Å². The Morgan fingerprint density at radius 2 is 1.48 bits per heavy atom. The Balaban J connectivity index is 4.35. The average molecular weight is 386 g/mol. The first-order chi connectivity index (χ1) is 12.6. The Bertz CT molecular complexity index is 470. The normalized spacial score (nSPS) is 15.6. The van der Waals surface area contributed by atoms with Gasteiger partial charge >= 0.3 is 0 Å². The summed E-state index contributed by atoms with van der Waals surface area (Å²) in [6.45, 7) is 2.21. The minimum absolute atomic E-state index is 0.165. The minimum Gasteiger partial charge on any atom is -0.550 e. The van der Waals surface area contributed by atoms with Crippen molar-refractivity contribution in [2.45, 2.75) is 89.4 Å². The lowest BCUT2D eigenvalue weighted by molar-refractivity contribution is -0.925. The highest BCUT2D eigenvalue weighted by Crippen LogP contribution is 2.23. The quantitative estimate of drug-likeness (QED) is 0.183. The summed E-state index contributed by atoms with van der Waals surface area (Å²) in [5.41, 5.74) is -2.40. The molecule has 6 nitrogen and oxygen atoms in total. The first-order valence-electron chi connectivity index (χ1n) is 10.2. The zero-order valence-electron chi connectivity index (χ0n) is 17.6. The van der Waals surface area contributed by atoms with Crippen molar-refractivity contribution in [3.8, 4) is 0 Å². The average Bonchev–Trinajstić information content (AvgIpc) is 2.57. The molecule has 0 saturated heterocycles. The number of ketones is 1. The highest BCUT2D eigenvalue weighted by atomic mass is 16.4. The van der Waals surface area contributed by atoms with E-state index in [1.165, 1.54) is 51.0 Å². The Morgan fingerprint density at radius 3 is 1.93 bits per heavy atom. The van der Waals surface area contributed by atoms with Gasteiger partial charge in [0.1, 0.15) is 0 Å². The fraction of sp³-hybridized carbons (Fsp3) is 0.810. The summed E-state index contributed by atoms with van der Waals surface area (Å²) in [4.78, 5) is 23.3. The van der Waals surface area contributed by atoms with E-state index in [0.717, 1.165) is 12.8 Å². The summed E-state index contributed by atoms with van der Waals surface area (Å²) in [7, 11) is 4.72. The molecule has 0 radical (unpaired) electrons. The molecule has 158 valence electrons. The number of aliphatic carboxylic acids is 1. The molecule has 0 saturated carbocycles. The molecule has 2 atom stereocenters. The number of rotatable bonds is 16. The van der Waals surface area contributed by atoms with Gasteiger partial charge in [-0.25, -0.2) is 0 Å². The second kappa shape index (κ2) is 13.0. The molecule has 0 aliphatic rings. The first-order valence-corrected chi connectivity index (χ1v) is 10.2. The number of carboxylic acid groups (broad SMARTS) is 1. The van der Waals surface area contributed by atoms with Gasteiger partial charge in [0, 0.05) is 12.4 Å². The largest absolute Gasteiger partial charge is 0.550 e. The van der Waals surface area contributed by atoms with E-state index < -0.39 is 30.0 Å². The van der Waals surface area contributed by atoms with E-state index in [1.54, 1.807) is 27.2 Å². The van der Waals surface area contributed by atoms with Crippen molar-refractivity contribution in [3.63, 3.8) is 0 Å².